The fourth-order valence-electron chi connectivity index (χ4n) is 1.05. The molecule has 2 atom stereocenters. The topological polar surface area (TPSA) is 46.5 Å². The fraction of sp³-hybridized carbons (Fsp3) is 0.700. The Kier molecular flexibility index (Phi) is 2.76. The van der Waals surface area contributed by atoms with Crippen molar-refractivity contribution in [3.05, 3.63) is 12.2 Å². The lowest BCUT2D eigenvalue weighted by atomic mass is 9.97. The third-order valence-electron chi connectivity index (χ3n) is 1.89. The molecule has 0 aliphatic heterocycles. The van der Waals surface area contributed by atoms with Crippen LogP contribution in [0.2, 0.25) is 0 Å². The standard InChI is InChI=1S/C10H16O3/c1-10(2,3)9(12)13-8-5-4-7(11)6-8/h4-5,7-8,11H,6H2,1-3H3/t7-,8+/m0/s1. The predicted octanol–water partition coefficient (Wildman–Crippen LogP) is 1.27. The summed E-state index contributed by atoms with van der Waals surface area (Å²) in [5.41, 5.74) is -0.471. The van der Waals surface area contributed by atoms with Gasteiger partial charge in [0.15, 0.2) is 0 Å². The summed E-state index contributed by atoms with van der Waals surface area (Å²) in [6.07, 6.45) is 3.16. The van der Waals surface area contributed by atoms with E-state index in [1.165, 1.54) is 0 Å². The molecule has 0 bridgehead atoms. The normalized spacial score (nSPS) is 27.7. The van der Waals surface area contributed by atoms with Crippen LogP contribution < -0.4 is 0 Å². The number of ether oxygens (including phenoxy) is 1. The van der Waals surface area contributed by atoms with Gasteiger partial charge >= 0.3 is 5.97 Å². The van der Waals surface area contributed by atoms with Gasteiger partial charge in [-0.2, -0.15) is 0 Å². The van der Waals surface area contributed by atoms with E-state index in [0.717, 1.165) is 0 Å². The highest BCUT2D eigenvalue weighted by Crippen LogP contribution is 2.20. The molecule has 0 aromatic heterocycles. The number of hydrogen-bond acceptors (Lipinski definition) is 3. The van der Waals surface area contributed by atoms with E-state index in [1.54, 1.807) is 12.2 Å². The van der Waals surface area contributed by atoms with Crippen molar-refractivity contribution in [2.75, 3.05) is 0 Å². The number of aliphatic hydroxyl groups is 1. The fourth-order valence-corrected chi connectivity index (χ4v) is 1.05. The molecule has 0 unspecified atom stereocenters. The van der Waals surface area contributed by atoms with E-state index >= 15 is 0 Å². The molecule has 1 aliphatic rings. The molecule has 0 heterocycles. The number of carbonyl (C=O) groups excluding carboxylic acids is 1. The Labute approximate surface area is 78.4 Å². The third-order valence-corrected chi connectivity index (χ3v) is 1.89. The van der Waals surface area contributed by atoms with Gasteiger partial charge in [0, 0.05) is 6.42 Å². The molecule has 1 N–H and O–H groups in total. The summed E-state index contributed by atoms with van der Waals surface area (Å²) in [5, 5.41) is 9.14. The van der Waals surface area contributed by atoms with Gasteiger partial charge in [0.2, 0.25) is 0 Å². The van der Waals surface area contributed by atoms with Crippen LogP contribution in [0, 0.1) is 5.41 Å². The maximum Gasteiger partial charge on any atom is 0.311 e. The Hall–Kier alpha value is -0.830. The number of aliphatic hydroxyl groups excluding tert-OH is 1. The Morgan fingerprint density at radius 3 is 2.46 bits per heavy atom. The number of hydrogen-bond donors (Lipinski definition) is 1. The largest absolute Gasteiger partial charge is 0.458 e. The summed E-state index contributed by atoms with van der Waals surface area (Å²) in [7, 11) is 0. The van der Waals surface area contributed by atoms with E-state index in [9.17, 15) is 4.79 Å². The van der Waals surface area contributed by atoms with E-state index in [-0.39, 0.29) is 12.1 Å². The Bertz CT molecular complexity index is 225. The van der Waals surface area contributed by atoms with Crippen molar-refractivity contribution in [2.24, 2.45) is 5.41 Å². The second-order valence-electron chi connectivity index (χ2n) is 4.38. The SMILES string of the molecule is CC(C)(C)C(=O)O[C@@H]1C=C[C@H](O)C1. The summed E-state index contributed by atoms with van der Waals surface area (Å²) in [6.45, 7) is 5.43. The summed E-state index contributed by atoms with van der Waals surface area (Å²) in [6, 6.07) is 0. The van der Waals surface area contributed by atoms with Crippen molar-refractivity contribution >= 4 is 5.97 Å². The van der Waals surface area contributed by atoms with Crippen LogP contribution >= 0.6 is 0 Å². The number of esters is 1. The van der Waals surface area contributed by atoms with Crippen LogP contribution in [0.4, 0.5) is 0 Å². The highest BCUT2D eigenvalue weighted by atomic mass is 16.5. The zero-order chi connectivity index (χ0) is 10.1. The minimum absolute atomic E-state index is 0.226. The Morgan fingerprint density at radius 2 is 2.08 bits per heavy atom. The first kappa shape index (κ1) is 10.3. The molecular formula is C10H16O3. The molecule has 74 valence electrons. The highest BCUT2D eigenvalue weighted by molar-refractivity contribution is 5.75. The summed E-state index contributed by atoms with van der Waals surface area (Å²) in [5.74, 6) is -0.226. The van der Waals surface area contributed by atoms with Crippen LogP contribution in [-0.4, -0.2) is 23.3 Å². The Morgan fingerprint density at radius 1 is 1.46 bits per heavy atom. The van der Waals surface area contributed by atoms with Gasteiger partial charge in [-0.15, -0.1) is 0 Å². The monoisotopic (exact) mass is 184 g/mol. The number of carbonyl (C=O) groups is 1. The van der Waals surface area contributed by atoms with Crippen LogP contribution in [0.1, 0.15) is 27.2 Å². The Balaban J connectivity index is 2.43. The van der Waals surface area contributed by atoms with Gasteiger partial charge in [-0.1, -0.05) is 6.08 Å². The average Bonchev–Trinajstić information content (AvgIpc) is 2.33. The van der Waals surface area contributed by atoms with Gasteiger partial charge in [0.1, 0.15) is 6.10 Å². The van der Waals surface area contributed by atoms with Crippen LogP contribution in [0.5, 0.6) is 0 Å². The van der Waals surface area contributed by atoms with Crippen molar-refractivity contribution in [3.63, 3.8) is 0 Å². The van der Waals surface area contributed by atoms with Crippen LogP contribution in [0.25, 0.3) is 0 Å². The van der Waals surface area contributed by atoms with Gasteiger partial charge < -0.3 is 9.84 Å². The molecule has 0 amide bonds. The van der Waals surface area contributed by atoms with E-state index in [4.69, 9.17) is 9.84 Å². The third kappa shape index (κ3) is 2.84. The van der Waals surface area contributed by atoms with Gasteiger partial charge in [-0.05, 0) is 26.8 Å². The van der Waals surface area contributed by atoms with E-state index < -0.39 is 11.5 Å². The van der Waals surface area contributed by atoms with Crippen LogP contribution in [0.15, 0.2) is 12.2 Å². The molecule has 0 spiro atoms. The first-order valence-electron chi connectivity index (χ1n) is 4.47. The van der Waals surface area contributed by atoms with Crippen molar-refractivity contribution < 1.29 is 14.6 Å². The zero-order valence-electron chi connectivity index (χ0n) is 8.28. The minimum atomic E-state index is -0.471. The van der Waals surface area contributed by atoms with Gasteiger partial charge in [0.25, 0.3) is 0 Å². The lowest BCUT2D eigenvalue weighted by molar-refractivity contribution is -0.156. The summed E-state index contributed by atoms with van der Waals surface area (Å²) in [4.78, 5) is 11.4. The van der Waals surface area contributed by atoms with Crippen molar-refractivity contribution in [1.29, 1.82) is 0 Å². The van der Waals surface area contributed by atoms with Crippen LogP contribution in [0.3, 0.4) is 0 Å². The summed E-state index contributed by atoms with van der Waals surface area (Å²) < 4.78 is 5.16. The van der Waals surface area contributed by atoms with E-state index in [2.05, 4.69) is 0 Å². The smallest absolute Gasteiger partial charge is 0.311 e. The first-order chi connectivity index (χ1) is 5.89. The van der Waals surface area contributed by atoms with Crippen molar-refractivity contribution in [3.8, 4) is 0 Å². The van der Waals surface area contributed by atoms with Crippen LogP contribution in [-0.2, 0) is 9.53 Å². The molecular weight excluding hydrogens is 168 g/mol. The number of rotatable bonds is 1. The second-order valence-corrected chi connectivity index (χ2v) is 4.38. The molecule has 3 heteroatoms. The van der Waals surface area contributed by atoms with E-state index in [0.29, 0.717) is 6.42 Å². The van der Waals surface area contributed by atoms with Gasteiger partial charge in [-0.25, -0.2) is 0 Å². The molecule has 0 aromatic rings. The highest BCUT2D eigenvalue weighted by Gasteiger charge is 2.27. The summed E-state index contributed by atoms with van der Waals surface area (Å²) >= 11 is 0. The molecule has 1 aliphatic carbocycles. The maximum atomic E-state index is 11.4. The average molecular weight is 184 g/mol. The second kappa shape index (κ2) is 3.50. The lowest BCUT2D eigenvalue weighted by Crippen LogP contribution is -2.27. The van der Waals surface area contributed by atoms with Crippen molar-refractivity contribution in [2.45, 2.75) is 39.4 Å². The zero-order valence-corrected chi connectivity index (χ0v) is 8.28. The lowest BCUT2D eigenvalue weighted by Gasteiger charge is -2.19. The first-order valence-corrected chi connectivity index (χ1v) is 4.47. The predicted molar refractivity (Wildman–Crippen MR) is 49.1 cm³/mol. The van der Waals surface area contributed by atoms with Gasteiger partial charge in [-0.3, -0.25) is 4.79 Å². The minimum Gasteiger partial charge on any atom is -0.458 e. The molecule has 3 nitrogen and oxygen atoms in total. The molecule has 0 radical (unpaired) electrons. The molecule has 1 rings (SSSR count). The molecule has 13 heavy (non-hydrogen) atoms. The van der Waals surface area contributed by atoms with Gasteiger partial charge in [0.05, 0.1) is 11.5 Å². The molecule has 0 fully saturated rings. The quantitative estimate of drug-likeness (QED) is 0.493. The van der Waals surface area contributed by atoms with E-state index in [1.807, 2.05) is 20.8 Å². The molecule has 0 saturated carbocycles. The molecule has 0 saturated heterocycles. The maximum absolute atomic E-state index is 11.4. The van der Waals surface area contributed by atoms with Crippen molar-refractivity contribution in [1.82, 2.24) is 0 Å². The molecule has 0 aromatic carbocycles.